The fourth-order valence-corrected chi connectivity index (χ4v) is 6.87. The molecule has 9 heteroatoms. The summed E-state index contributed by atoms with van der Waals surface area (Å²) in [4.78, 5) is 29.1. The summed E-state index contributed by atoms with van der Waals surface area (Å²) >= 11 is 3.44. The topological polar surface area (TPSA) is 86.8 Å². The molecule has 1 atom stereocenters. The van der Waals surface area contributed by atoms with Crippen molar-refractivity contribution in [3.8, 4) is 0 Å². The first-order valence-electron chi connectivity index (χ1n) is 14.1. The van der Waals surface area contributed by atoms with Crippen molar-refractivity contribution in [2.45, 2.75) is 76.4 Å². The van der Waals surface area contributed by atoms with Gasteiger partial charge in [0.05, 0.1) is 10.6 Å². The van der Waals surface area contributed by atoms with Crippen LogP contribution in [0.25, 0.3) is 0 Å². The first kappa shape index (κ1) is 30.8. The Kier molecular flexibility index (Phi) is 10.3. The second-order valence-electron chi connectivity index (χ2n) is 10.8. The highest BCUT2D eigenvalue weighted by Crippen LogP contribution is 2.28. The van der Waals surface area contributed by atoms with Gasteiger partial charge in [0.1, 0.15) is 12.6 Å². The van der Waals surface area contributed by atoms with Crippen molar-refractivity contribution < 1.29 is 18.0 Å². The molecule has 4 rings (SSSR count). The quantitative estimate of drug-likeness (QED) is 0.289. The van der Waals surface area contributed by atoms with Crippen molar-refractivity contribution in [3.63, 3.8) is 0 Å². The van der Waals surface area contributed by atoms with Gasteiger partial charge in [-0.05, 0) is 75.1 Å². The molecule has 0 radical (unpaired) electrons. The average molecular weight is 641 g/mol. The van der Waals surface area contributed by atoms with Gasteiger partial charge >= 0.3 is 0 Å². The van der Waals surface area contributed by atoms with Crippen LogP contribution < -0.4 is 9.62 Å². The number of aryl methyl sites for hydroxylation is 2. The summed E-state index contributed by atoms with van der Waals surface area (Å²) in [6, 6.07) is 20.5. The number of hydrogen-bond donors (Lipinski definition) is 1. The number of nitrogens with zero attached hydrogens (tertiary/aromatic N) is 2. The Balaban J connectivity index is 1.68. The fourth-order valence-electron chi connectivity index (χ4n) is 5.13. The number of rotatable bonds is 10. The molecule has 1 saturated carbocycles. The number of benzene rings is 3. The number of carbonyl (C=O) groups excluding carboxylic acids is 2. The lowest BCUT2D eigenvalue weighted by molar-refractivity contribution is -0.139. The van der Waals surface area contributed by atoms with Crippen LogP contribution in [-0.4, -0.2) is 43.8 Å². The van der Waals surface area contributed by atoms with Gasteiger partial charge in [-0.1, -0.05) is 83.2 Å². The number of hydrogen-bond acceptors (Lipinski definition) is 4. The number of amides is 2. The zero-order valence-corrected chi connectivity index (χ0v) is 26.2. The van der Waals surface area contributed by atoms with E-state index in [2.05, 4.69) is 21.2 Å². The van der Waals surface area contributed by atoms with E-state index in [-0.39, 0.29) is 23.4 Å². The molecule has 1 aliphatic carbocycles. The SMILES string of the molecule is Cc1ccc(S(=O)(=O)N(CC(=O)N(Cc2ccc(Br)cc2)[C@@H](C)C(=O)NC2CCCCC2)c2ccccc2C)cc1. The number of anilines is 1. The van der Waals surface area contributed by atoms with Crippen LogP contribution in [0, 0.1) is 13.8 Å². The summed E-state index contributed by atoms with van der Waals surface area (Å²) in [5.74, 6) is -0.690. The first-order valence-corrected chi connectivity index (χ1v) is 16.3. The van der Waals surface area contributed by atoms with E-state index in [9.17, 15) is 18.0 Å². The van der Waals surface area contributed by atoms with Gasteiger partial charge in [-0.3, -0.25) is 13.9 Å². The Morgan fingerprint density at radius 1 is 0.927 bits per heavy atom. The molecule has 1 N–H and O–H groups in total. The van der Waals surface area contributed by atoms with Crippen molar-refractivity contribution >= 4 is 43.5 Å². The Hall–Kier alpha value is -3.17. The van der Waals surface area contributed by atoms with Crippen LogP contribution in [0.15, 0.2) is 82.2 Å². The highest BCUT2D eigenvalue weighted by atomic mass is 79.9. The minimum absolute atomic E-state index is 0.0914. The maximum absolute atomic E-state index is 14.1. The van der Waals surface area contributed by atoms with E-state index in [1.807, 2.05) is 50.2 Å². The molecule has 218 valence electrons. The van der Waals surface area contributed by atoms with Gasteiger partial charge in [0.15, 0.2) is 0 Å². The van der Waals surface area contributed by atoms with E-state index in [1.54, 1.807) is 43.3 Å². The Bertz CT molecular complexity index is 1450. The van der Waals surface area contributed by atoms with Crippen molar-refractivity contribution in [2.75, 3.05) is 10.8 Å². The van der Waals surface area contributed by atoms with E-state index in [1.165, 1.54) is 11.3 Å². The number of nitrogens with one attached hydrogen (secondary N) is 1. The Morgan fingerprint density at radius 3 is 2.20 bits per heavy atom. The number of halogens is 1. The highest BCUT2D eigenvalue weighted by molar-refractivity contribution is 9.10. The summed E-state index contributed by atoms with van der Waals surface area (Å²) in [5.41, 5.74) is 2.91. The second-order valence-corrected chi connectivity index (χ2v) is 13.6. The van der Waals surface area contributed by atoms with Gasteiger partial charge < -0.3 is 10.2 Å². The van der Waals surface area contributed by atoms with Gasteiger partial charge in [0, 0.05) is 17.1 Å². The van der Waals surface area contributed by atoms with Crippen molar-refractivity contribution in [3.05, 3.63) is 94.0 Å². The summed E-state index contributed by atoms with van der Waals surface area (Å²) < 4.78 is 30.0. The van der Waals surface area contributed by atoms with Gasteiger partial charge in [0.25, 0.3) is 10.0 Å². The van der Waals surface area contributed by atoms with E-state index in [0.29, 0.717) is 5.69 Å². The molecule has 1 fully saturated rings. The molecule has 41 heavy (non-hydrogen) atoms. The molecule has 0 aromatic heterocycles. The zero-order chi connectivity index (χ0) is 29.6. The third-order valence-electron chi connectivity index (χ3n) is 7.66. The van der Waals surface area contributed by atoms with Gasteiger partial charge in [-0.2, -0.15) is 0 Å². The predicted octanol–water partition coefficient (Wildman–Crippen LogP) is 6.13. The molecule has 2 amide bonds. The predicted molar refractivity (Wildman–Crippen MR) is 166 cm³/mol. The summed E-state index contributed by atoms with van der Waals surface area (Å²) in [7, 11) is -4.09. The van der Waals surface area contributed by atoms with E-state index in [4.69, 9.17) is 0 Å². The lowest BCUT2D eigenvalue weighted by atomic mass is 9.95. The lowest BCUT2D eigenvalue weighted by Gasteiger charge is -2.33. The molecule has 0 spiro atoms. The standard InChI is InChI=1S/C32H38BrN3O4S/c1-23-13-19-29(20-14-23)41(39,40)36(30-12-8-7-9-24(30)2)22-31(37)35(21-26-15-17-27(33)18-16-26)25(3)32(38)34-28-10-5-4-6-11-28/h7-9,12-20,25,28H,4-6,10-11,21-22H2,1-3H3,(H,34,38)/t25-/m0/s1. The molecule has 0 aliphatic heterocycles. The molecular weight excluding hydrogens is 602 g/mol. The van der Waals surface area contributed by atoms with Crippen LogP contribution >= 0.6 is 15.9 Å². The van der Waals surface area contributed by atoms with Crippen LogP contribution in [0.2, 0.25) is 0 Å². The third-order valence-corrected chi connectivity index (χ3v) is 9.96. The first-order chi connectivity index (χ1) is 19.6. The molecule has 0 heterocycles. The number of para-hydroxylation sites is 1. The van der Waals surface area contributed by atoms with Gasteiger partial charge in [-0.25, -0.2) is 8.42 Å². The van der Waals surface area contributed by atoms with E-state index < -0.39 is 28.5 Å². The lowest BCUT2D eigenvalue weighted by Crippen LogP contribution is -2.53. The monoisotopic (exact) mass is 639 g/mol. The van der Waals surface area contributed by atoms with Crippen LogP contribution in [0.5, 0.6) is 0 Å². The molecule has 3 aromatic carbocycles. The zero-order valence-electron chi connectivity index (χ0n) is 23.8. The van der Waals surface area contributed by atoms with Crippen LogP contribution in [-0.2, 0) is 26.2 Å². The van der Waals surface area contributed by atoms with E-state index >= 15 is 0 Å². The van der Waals surface area contributed by atoms with E-state index in [0.717, 1.165) is 51.2 Å². The fraction of sp³-hybridized carbons (Fsp3) is 0.375. The number of carbonyl (C=O) groups is 2. The number of sulfonamides is 1. The Morgan fingerprint density at radius 2 is 1.56 bits per heavy atom. The molecule has 3 aromatic rings. The normalized spacial score (nSPS) is 14.7. The second kappa shape index (κ2) is 13.7. The molecular formula is C32H38BrN3O4S. The van der Waals surface area contributed by atoms with Crippen LogP contribution in [0.4, 0.5) is 5.69 Å². The maximum Gasteiger partial charge on any atom is 0.264 e. The third kappa shape index (κ3) is 7.77. The molecule has 7 nitrogen and oxygen atoms in total. The summed E-state index contributed by atoms with van der Waals surface area (Å²) in [6.07, 6.45) is 5.16. The average Bonchev–Trinajstić information content (AvgIpc) is 2.96. The summed E-state index contributed by atoms with van der Waals surface area (Å²) in [5, 5.41) is 3.13. The van der Waals surface area contributed by atoms with Gasteiger partial charge in [0.2, 0.25) is 11.8 Å². The maximum atomic E-state index is 14.1. The summed E-state index contributed by atoms with van der Waals surface area (Å²) in [6.45, 7) is 5.13. The molecule has 1 aliphatic rings. The Labute approximate surface area is 252 Å². The smallest absolute Gasteiger partial charge is 0.264 e. The molecule has 0 bridgehead atoms. The van der Waals surface area contributed by atoms with Crippen molar-refractivity contribution in [1.29, 1.82) is 0 Å². The van der Waals surface area contributed by atoms with Crippen molar-refractivity contribution in [1.82, 2.24) is 10.2 Å². The molecule has 0 unspecified atom stereocenters. The minimum Gasteiger partial charge on any atom is -0.352 e. The highest BCUT2D eigenvalue weighted by Gasteiger charge is 2.33. The molecule has 0 saturated heterocycles. The van der Waals surface area contributed by atoms with Crippen molar-refractivity contribution in [2.24, 2.45) is 0 Å². The van der Waals surface area contributed by atoms with Gasteiger partial charge in [-0.15, -0.1) is 0 Å². The minimum atomic E-state index is -4.09. The largest absolute Gasteiger partial charge is 0.352 e. The van der Waals surface area contributed by atoms with Crippen LogP contribution in [0.1, 0.15) is 55.7 Å². The van der Waals surface area contributed by atoms with Crippen LogP contribution in [0.3, 0.4) is 0 Å².